The van der Waals surface area contributed by atoms with Crippen LogP contribution < -0.4 is 4.74 Å². The summed E-state index contributed by atoms with van der Waals surface area (Å²) in [6, 6.07) is 5.36. The van der Waals surface area contributed by atoms with Crippen molar-refractivity contribution in [3.05, 3.63) is 29.6 Å². The van der Waals surface area contributed by atoms with Gasteiger partial charge in [0, 0.05) is 12.1 Å². The van der Waals surface area contributed by atoms with Crippen LogP contribution in [0.5, 0.6) is 5.75 Å². The third-order valence-corrected chi connectivity index (χ3v) is 3.57. The van der Waals surface area contributed by atoms with Gasteiger partial charge in [-0.05, 0) is 44.0 Å². The van der Waals surface area contributed by atoms with Crippen LogP contribution in [0.15, 0.2) is 18.2 Å². The Morgan fingerprint density at radius 1 is 1.25 bits per heavy atom. The lowest BCUT2D eigenvalue weighted by Gasteiger charge is -2.32. The summed E-state index contributed by atoms with van der Waals surface area (Å²) < 4.78 is 18.6. The van der Waals surface area contributed by atoms with E-state index in [-0.39, 0.29) is 5.82 Å². The van der Waals surface area contributed by atoms with Crippen molar-refractivity contribution in [2.45, 2.75) is 25.3 Å². The van der Waals surface area contributed by atoms with E-state index in [9.17, 15) is 4.39 Å². The van der Waals surface area contributed by atoms with E-state index in [1.807, 2.05) is 6.07 Å². The van der Waals surface area contributed by atoms with E-state index in [4.69, 9.17) is 4.74 Å². The first kappa shape index (κ1) is 10.1. The fourth-order valence-corrected chi connectivity index (χ4v) is 2.67. The summed E-state index contributed by atoms with van der Waals surface area (Å²) in [5.74, 6) is 0.522. The minimum atomic E-state index is -0.210. The Hall–Kier alpha value is -1.09. The van der Waals surface area contributed by atoms with Crippen LogP contribution in [0.25, 0.3) is 0 Å². The van der Waals surface area contributed by atoms with Gasteiger partial charge in [0.25, 0.3) is 0 Å². The molecule has 0 spiro atoms. The third-order valence-electron chi connectivity index (χ3n) is 3.57. The molecule has 2 nitrogen and oxygen atoms in total. The predicted octanol–water partition coefficient (Wildman–Crippen LogP) is 2.22. The molecule has 1 aromatic carbocycles. The third kappa shape index (κ3) is 1.80. The van der Waals surface area contributed by atoms with Gasteiger partial charge in [-0.2, -0.15) is 0 Å². The lowest BCUT2D eigenvalue weighted by Crippen LogP contribution is -2.41. The lowest BCUT2D eigenvalue weighted by atomic mass is 10.0. The van der Waals surface area contributed by atoms with Gasteiger partial charge in [-0.15, -0.1) is 0 Å². The van der Waals surface area contributed by atoms with Gasteiger partial charge in [0.15, 0.2) is 0 Å². The normalized spacial score (nSPS) is 25.2. The van der Waals surface area contributed by atoms with Crippen molar-refractivity contribution < 1.29 is 9.13 Å². The molecule has 1 saturated heterocycles. The van der Waals surface area contributed by atoms with Crippen molar-refractivity contribution in [1.29, 1.82) is 0 Å². The number of halogens is 1. The largest absolute Gasteiger partial charge is 0.492 e. The van der Waals surface area contributed by atoms with Crippen LogP contribution in [-0.2, 0) is 6.42 Å². The van der Waals surface area contributed by atoms with Crippen molar-refractivity contribution in [2.75, 3.05) is 19.7 Å². The molecule has 0 N–H and O–H groups in total. The second-order valence-electron chi connectivity index (χ2n) is 4.66. The summed E-state index contributed by atoms with van der Waals surface area (Å²) in [7, 11) is 0. The highest BCUT2D eigenvalue weighted by atomic mass is 19.1. The van der Waals surface area contributed by atoms with Crippen molar-refractivity contribution in [2.24, 2.45) is 0 Å². The molecule has 0 saturated carbocycles. The minimum Gasteiger partial charge on any atom is -0.492 e. The molecule has 3 heteroatoms. The fourth-order valence-electron chi connectivity index (χ4n) is 2.67. The van der Waals surface area contributed by atoms with E-state index in [1.54, 1.807) is 0 Å². The zero-order chi connectivity index (χ0) is 11.0. The highest BCUT2D eigenvalue weighted by molar-refractivity contribution is 5.36. The van der Waals surface area contributed by atoms with E-state index in [2.05, 4.69) is 4.90 Å². The summed E-state index contributed by atoms with van der Waals surface area (Å²) >= 11 is 0. The Kier molecular flexibility index (Phi) is 2.56. The molecule has 86 valence electrons. The van der Waals surface area contributed by atoms with Crippen molar-refractivity contribution in [3.63, 3.8) is 0 Å². The van der Waals surface area contributed by atoms with Gasteiger partial charge in [0.2, 0.25) is 0 Å². The molecule has 1 aromatic rings. The zero-order valence-corrected chi connectivity index (χ0v) is 9.29. The standard InChI is InChI=1S/C13H16FNO/c14-11-4-3-10-7-12(9-16-13(10)8-11)15-5-1-2-6-15/h3-4,8,12H,1-2,5-7,9H2. The average Bonchev–Trinajstić information content (AvgIpc) is 2.82. The monoisotopic (exact) mass is 221 g/mol. The van der Waals surface area contributed by atoms with Gasteiger partial charge < -0.3 is 4.74 Å². The second-order valence-corrected chi connectivity index (χ2v) is 4.66. The second kappa shape index (κ2) is 4.06. The maximum absolute atomic E-state index is 13.0. The molecule has 3 rings (SSSR count). The van der Waals surface area contributed by atoms with Crippen molar-refractivity contribution in [3.8, 4) is 5.75 Å². The van der Waals surface area contributed by atoms with Crippen LogP contribution in [0.2, 0.25) is 0 Å². The Bertz CT molecular complexity index is 388. The molecule has 1 unspecified atom stereocenters. The zero-order valence-electron chi connectivity index (χ0n) is 9.29. The van der Waals surface area contributed by atoms with Gasteiger partial charge in [-0.3, -0.25) is 4.90 Å². The summed E-state index contributed by atoms with van der Waals surface area (Å²) in [6.07, 6.45) is 3.59. The molecule has 16 heavy (non-hydrogen) atoms. The molecule has 0 bridgehead atoms. The fraction of sp³-hybridized carbons (Fsp3) is 0.538. The van der Waals surface area contributed by atoms with Crippen LogP contribution in [0.1, 0.15) is 18.4 Å². The van der Waals surface area contributed by atoms with Crippen molar-refractivity contribution >= 4 is 0 Å². The van der Waals surface area contributed by atoms with E-state index >= 15 is 0 Å². The van der Waals surface area contributed by atoms with E-state index in [0.717, 1.165) is 17.7 Å². The SMILES string of the molecule is Fc1ccc2c(c1)OCC(N1CCCC1)C2. The van der Waals surface area contributed by atoms with Gasteiger partial charge in [-0.25, -0.2) is 4.39 Å². The lowest BCUT2D eigenvalue weighted by molar-refractivity contribution is 0.141. The van der Waals surface area contributed by atoms with Gasteiger partial charge in [-0.1, -0.05) is 6.07 Å². The summed E-state index contributed by atoms with van der Waals surface area (Å²) in [5, 5.41) is 0. The van der Waals surface area contributed by atoms with Gasteiger partial charge in [0.05, 0.1) is 0 Å². The van der Waals surface area contributed by atoms with Gasteiger partial charge in [0.1, 0.15) is 18.2 Å². The quantitative estimate of drug-likeness (QED) is 0.721. The molecule has 0 amide bonds. The predicted molar refractivity (Wildman–Crippen MR) is 60.2 cm³/mol. The first-order valence-corrected chi connectivity index (χ1v) is 5.98. The number of benzene rings is 1. The number of ether oxygens (including phenoxy) is 1. The number of rotatable bonds is 1. The average molecular weight is 221 g/mol. The summed E-state index contributed by atoms with van der Waals surface area (Å²) in [4.78, 5) is 2.49. The minimum absolute atomic E-state index is 0.210. The number of hydrogen-bond acceptors (Lipinski definition) is 2. The topological polar surface area (TPSA) is 12.5 Å². The number of hydrogen-bond donors (Lipinski definition) is 0. The Labute approximate surface area is 95.0 Å². The molecule has 0 aromatic heterocycles. The molecule has 2 heterocycles. The first-order chi connectivity index (χ1) is 7.83. The van der Waals surface area contributed by atoms with Gasteiger partial charge >= 0.3 is 0 Å². The molecule has 0 aliphatic carbocycles. The maximum Gasteiger partial charge on any atom is 0.126 e. The van der Waals surface area contributed by atoms with E-state index in [0.29, 0.717) is 12.6 Å². The number of nitrogens with zero attached hydrogens (tertiary/aromatic N) is 1. The number of fused-ring (bicyclic) bond motifs is 1. The molecule has 2 aliphatic rings. The Morgan fingerprint density at radius 3 is 2.88 bits per heavy atom. The van der Waals surface area contributed by atoms with Crippen LogP contribution >= 0.6 is 0 Å². The molecule has 1 fully saturated rings. The summed E-state index contributed by atoms with van der Waals surface area (Å²) in [5.41, 5.74) is 1.14. The Morgan fingerprint density at radius 2 is 2.06 bits per heavy atom. The highest BCUT2D eigenvalue weighted by Crippen LogP contribution is 2.28. The molecular formula is C13H16FNO. The maximum atomic E-state index is 13.0. The first-order valence-electron chi connectivity index (χ1n) is 5.98. The Balaban J connectivity index is 1.78. The van der Waals surface area contributed by atoms with E-state index < -0.39 is 0 Å². The molecule has 0 radical (unpaired) electrons. The van der Waals surface area contributed by atoms with Crippen LogP contribution in [0.3, 0.4) is 0 Å². The number of likely N-dealkylation sites (tertiary alicyclic amines) is 1. The van der Waals surface area contributed by atoms with Crippen LogP contribution in [0, 0.1) is 5.82 Å². The summed E-state index contributed by atoms with van der Waals surface area (Å²) in [6.45, 7) is 3.07. The molecule has 1 atom stereocenters. The van der Waals surface area contributed by atoms with Crippen LogP contribution in [0.4, 0.5) is 4.39 Å². The smallest absolute Gasteiger partial charge is 0.126 e. The molecular weight excluding hydrogens is 205 g/mol. The van der Waals surface area contributed by atoms with Crippen LogP contribution in [-0.4, -0.2) is 30.6 Å². The van der Waals surface area contributed by atoms with Crippen molar-refractivity contribution in [1.82, 2.24) is 4.90 Å². The molecule has 2 aliphatic heterocycles. The van der Waals surface area contributed by atoms with E-state index in [1.165, 1.54) is 38.1 Å². The highest BCUT2D eigenvalue weighted by Gasteiger charge is 2.27.